The number of carbonyl (C=O) groups is 1. The largest absolute Gasteiger partial charge is 0.358 e. The van der Waals surface area contributed by atoms with Gasteiger partial charge in [0.25, 0.3) is 5.69 Å². The van der Waals surface area contributed by atoms with Gasteiger partial charge in [0.05, 0.1) is 4.92 Å². The van der Waals surface area contributed by atoms with Crippen LogP contribution in [0.25, 0.3) is 11.4 Å². The van der Waals surface area contributed by atoms with Crippen molar-refractivity contribution in [3.05, 3.63) is 81.5 Å². The molecule has 1 aliphatic heterocycles. The lowest BCUT2D eigenvalue weighted by molar-refractivity contribution is -0.384. The third-order valence-electron chi connectivity index (χ3n) is 5.30. The van der Waals surface area contributed by atoms with Gasteiger partial charge in [-0.25, -0.2) is 9.97 Å². The molecule has 1 atom stereocenters. The summed E-state index contributed by atoms with van der Waals surface area (Å²) in [5.41, 5.74) is 3.74. The molecule has 1 aromatic heterocycles. The lowest BCUT2D eigenvalue weighted by Gasteiger charge is -2.18. The maximum absolute atomic E-state index is 12.9. The number of rotatable bonds is 6. The first-order valence-electron chi connectivity index (χ1n) is 10.1. The minimum atomic E-state index is -0.443. The Morgan fingerprint density at radius 1 is 1.10 bits per heavy atom. The molecule has 3 aromatic rings. The Balaban J connectivity index is 1.47. The van der Waals surface area contributed by atoms with Crippen molar-refractivity contribution < 1.29 is 9.72 Å². The first kappa shape index (κ1) is 20.5. The van der Waals surface area contributed by atoms with Crippen molar-refractivity contribution in [3.8, 4) is 11.4 Å². The fraction of sp³-hybridized carbons (Fsp3) is 0.261. The van der Waals surface area contributed by atoms with Gasteiger partial charge in [0.15, 0.2) is 5.82 Å². The Morgan fingerprint density at radius 3 is 2.48 bits per heavy atom. The van der Waals surface area contributed by atoms with Crippen molar-refractivity contribution in [2.75, 3.05) is 11.9 Å². The molecule has 158 valence electrons. The quantitative estimate of drug-likeness (QED) is 0.482. The van der Waals surface area contributed by atoms with E-state index in [-0.39, 0.29) is 17.6 Å². The van der Waals surface area contributed by atoms with Gasteiger partial charge in [-0.15, -0.1) is 0 Å². The van der Waals surface area contributed by atoms with E-state index in [2.05, 4.69) is 27.4 Å². The second-order valence-corrected chi connectivity index (χ2v) is 7.75. The van der Waals surface area contributed by atoms with Crippen LogP contribution in [0.15, 0.2) is 54.6 Å². The van der Waals surface area contributed by atoms with Crippen LogP contribution < -0.4 is 5.32 Å². The van der Waals surface area contributed by atoms with E-state index in [1.165, 1.54) is 17.7 Å². The Bertz CT molecular complexity index is 1110. The molecule has 2 heterocycles. The molecule has 31 heavy (non-hydrogen) atoms. The van der Waals surface area contributed by atoms with Gasteiger partial charge in [-0.1, -0.05) is 29.8 Å². The fourth-order valence-electron chi connectivity index (χ4n) is 3.63. The first-order chi connectivity index (χ1) is 14.9. The average molecular weight is 417 g/mol. The maximum atomic E-state index is 12.9. The molecule has 0 saturated carbocycles. The predicted molar refractivity (Wildman–Crippen MR) is 117 cm³/mol. The van der Waals surface area contributed by atoms with Gasteiger partial charge in [-0.2, -0.15) is 0 Å². The molecular formula is C23H23N5O3. The average Bonchev–Trinajstić information content (AvgIpc) is 3.08. The number of nitrogens with one attached hydrogen (secondary N) is 1. The van der Waals surface area contributed by atoms with Gasteiger partial charge in [0.1, 0.15) is 11.9 Å². The lowest BCUT2D eigenvalue weighted by atomic mass is 10.1. The third-order valence-corrected chi connectivity index (χ3v) is 5.30. The molecular weight excluding hydrogens is 394 g/mol. The summed E-state index contributed by atoms with van der Waals surface area (Å²) in [5, 5.41) is 14.1. The van der Waals surface area contributed by atoms with Crippen LogP contribution in [-0.2, 0) is 11.3 Å². The molecule has 0 radical (unpaired) electrons. The maximum Gasteiger partial charge on any atom is 0.269 e. The molecule has 1 fully saturated rings. The second-order valence-electron chi connectivity index (χ2n) is 7.75. The number of nitro groups is 1. The lowest BCUT2D eigenvalue weighted by Crippen LogP contribution is -2.33. The molecule has 1 amide bonds. The fourth-order valence-corrected chi connectivity index (χ4v) is 3.63. The second kappa shape index (κ2) is 8.51. The standard InChI is InChI=1S/C23H23N5O3/c1-15-3-5-17(6-4-15)14-27-12-11-20(23(27)29)25-21-13-16(2)24-22(26-21)18-7-9-19(10-8-18)28(30)31/h3-10,13,20H,11-12,14H2,1-2H3,(H,24,25,26). The van der Waals surface area contributed by atoms with Crippen LogP contribution in [0.2, 0.25) is 0 Å². The van der Waals surface area contributed by atoms with E-state index in [1.807, 2.05) is 30.9 Å². The number of hydrogen-bond donors (Lipinski definition) is 1. The number of aromatic nitrogens is 2. The molecule has 0 aliphatic carbocycles. The molecule has 0 bridgehead atoms. The Hall–Kier alpha value is -3.81. The number of benzene rings is 2. The summed E-state index contributed by atoms with van der Waals surface area (Å²) < 4.78 is 0. The minimum absolute atomic E-state index is 0.0139. The summed E-state index contributed by atoms with van der Waals surface area (Å²) in [5.74, 6) is 1.07. The Labute approximate surface area is 180 Å². The first-order valence-corrected chi connectivity index (χ1v) is 10.1. The van der Waals surface area contributed by atoms with E-state index in [4.69, 9.17) is 0 Å². The van der Waals surface area contributed by atoms with Gasteiger partial charge in [0, 0.05) is 42.5 Å². The molecule has 4 rings (SSSR count). The van der Waals surface area contributed by atoms with Crippen LogP contribution in [0.4, 0.5) is 11.5 Å². The third kappa shape index (κ3) is 4.69. The zero-order valence-corrected chi connectivity index (χ0v) is 17.4. The number of aryl methyl sites for hydroxylation is 2. The number of carbonyl (C=O) groups excluding carboxylic acids is 1. The number of nitrogens with zero attached hydrogens (tertiary/aromatic N) is 4. The van der Waals surface area contributed by atoms with Gasteiger partial charge >= 0.3 is 0 Å². The van der Waals surface area contributed by atoms with Crippen LogP contribution in [0.5, 0.6) is 0 Å². The van der Waals surface area contributed by atoms with Gasteiger partial charge in [0.2, 0.25) is 5.91 Å². The molecule has 8 nitrogen and oxygen atoms in total. The highest BCUT2D eigenvalue weighted by atomic mass is 16.6. The van der Waals surface area contributed by atoms with E-state index in [9.17, 15) is 14.9 Å². The number of anilines is 1. The van der Waals surface area contributed by atoms with E-state index in [1.54, 1.807) is 18.2 Å². The smallest absolute Gasteiger partial charge is 0.269 e. The normalized spacial score (nSPS) is 15.9. The Morgan fingerprint density at radius 2 is 1.81 bits per heavy atom. The van der Waals surface area contributed by atoms with Crippen LogP contribution in [0.3, 0.4) is 0 Å². The van der Waals surface area contributed by atoms with Crippen molar-refractivity contribution in [3.63, 3.8) is 0 Å². The topological polar surface area (TPSA) is 101 Å². The summed E-state index contributed by atoms with van der Waals surface area (Å²) in [4.78, 5) is 34.1. The molecule has 0 spiro atoms. The summed E-state index contributed by atoms with van der Waals surface area (Å²) in [7, 11) is 0. The summed E-state index contributed by atoms with van der Waals surface area (Å²) in [6, 6.07) is 15.8. The summed E-state index contributed by atoms with van der Waals surface area (Å²) in [6.45, 7) is 5.17. The number of nitro benzene ring substituents is 1. The van der Waals surface area contributed by atoms with E-state index < -0.39 is 4.92 Å². The molecule has 1 N–H and O–H groups in total. The van der Waals surface area contributed by atoms with E-state index in [0.717, 1.165) is 11.3 Å². The van der Waals surface area contributed by atoms with Crippen LogP contribution in [-0.4, -0.2) is 38.3 Å². The van der Waals surface area contributed by atoms with Gasteiger partial charge < -0.3 is 10.2 Å². The Kier molecular flexibility index (Phi) is 5.62. The number of non-ortho nitro benzene ring substituents is 1. The van der Waals surface area contributed by atoms with Crippen molar-refractivity contribution in [2.45, 2.75) is 32.9 Å². The SMILES string of the molecule is Cc1ccc(CN2CCC(Nc3cc(C)nc(-c4ccc([N+](=O)[O-])cc4)n3)C2=O)cc1. The van der Waals surface area contributed by atoms with Crippen LogP contribution in [0.1, 0.15) is 23.2 Å². The molecule has 1 unspecified atom stereocenters. The van der Waals surface area contributed by atoms with E-state index >= 15 is 0 Å². The number of likely N-dealkylation sites (tertiary alicyclic amines) is 1. The molecule has 1 aliphatic rings. The van der Waals surface area contributed by atoms with Crippen molar-refractivity contribution in [1.82, 2.24) is 14.9 Å². The van der Waals surface area contributed by atoms with Crippen molar-refractivity contribution in [2.24, 2.45) is 0 Å². The monoisotopic (exact) mass is 417 g/mol. The highest BCUT2D eigenvalue weighted by Crippen LogP contribution is 2.23. The van der Waals surface area contributed by atoms with Crippen molar-refractivity contribution >= 4 is 17.4 Å². The zero-order chi connectivity index (χ0) is 22.0. The van der Waals surface area contributed by atoms with E-state index in [0.29, 0.717) is 36.7 Å². The molecule has 1 saturated heterocycles. The summed E-state index contributed by atoms with van der Waals surface area (Å²) in [6.07, 6.45) is 0.695. The highest BCUT2D eigenvalue weighted by molar-refractivity contribution is 5.86. The minimum Gasteiger partial charge on any atom is -0.358 e. The van der Waals surface area contributed by atoms with Crippen LogP contribution >= 0.6 is 0 Å². The molecule has 2 aromatic carbocycles. The van der Waals surface area contributed by atoms with Gasteiger partial charge in [-0.3, -0.25) is 14.9 Å². The highest BCUT2D eigenvalue weighted by Gasteiger charge is 2.31. The van der Waals surface area contributed by atoms with Crippen molar-refractivity contribution in [1.29, 1.82) is 0 Å². The zero-order valence-electron chi connectivity index (χ0n) is 17.4. The predicted octanol–water partition coefficient (Wildman–Crippen LogP) is 3.88. The molecule has 8 heteroatoms. The number of hydrogen-bond acceptors (Lipinski definition) is 6. The number of amides is 1. The van der Waals surface area contributed by atoms with Crippen LogP contribution in [0, 0.1) is 24.0 Å². The summed E-state index contributed by atoms with van der Waals surface area (Å²) >= 11 is 0. The van der Waals surface area contributed by atoms with Gasteiger partial charge in [-0.05, 0) is 38.0 Å².